The molecule has 2 rings (SSSR count). The summed E-state index contributed by atoms with van der Waals surface area (Å²) >= 11 is 0. The number of carbonyl (C=O) groups is 3. The van der Waals surface area contributed by atoms with E-state index in [1.807, 2.05) is 0 Å². The second-order valence-electron chi connectivity index (χ2n) is 5.62. The second kappa shape index (κ2) is 9.19. The van der Waals surface area contributed by atoms with Crippen molar-refractivity contribution in [1.29, 1.82) is 0 Å². The van der Waals surface area contributed by atoms with Crippen molar-refractivity contribution in [3.8, 4) is 5.75 Å². The van der Waals surface area contributed by atoms with E-state index in [1.165, 1.54) is 20.8 Å². The van der Waals surface area contributed by atoms with E-state index in [4.69, 9.17) is 25.1 Å². The minimum atomic E-state index is -1.20. The van der Waals surface area contributed by atoms with Crippen LogP contribution in [0.25, 0.3) is 0 Å². The number of ether oxygens (including phenoxy) is 5. The molecule has 1 heterocycles. The predicted molar refractivity (Wildman–Crippen MR) is 88.1 cm³/mol. The van der Waals surface area contributed by atoms with Crippen LogP contribution in [0.5, 0.6) is 5.75 Å². The number of hydrogen-bond donors (Lipinski definition) is 0. The second-order valence-corrected chi connectivity index (χ2v) is 5.62. The van der Waals surface area contributed by atoms with Crippen LogP contribution in [-0.2, 0) is 33.3 Å². The van der Waals surface area contributed by atoms with E-state index in [0.29, 0.717) is 5.75 Å². The Bertz CT molecular complexity index is 665. The molecule has 8 nitrogen and oxygen atoms in total. The average Bonchev–Trinajstić information content (AvgIpc) is 2.59. The molecular formula is C18H22O8. The lowest BCUT2D eigenvalue weighted by Gasteiger charge is -2.39. The van der Waals surface area contributed by atoms with Gasteiger partial charge in [0.15, 0.2) is 6.10 Å². The fourth-order valence-corrected chi connectivity index (χ4v) is 2.44. The van der Waals surface area contributed by atoms with Gasteiger partial charge in [-0.3, -0.25) is 14.4 Å². The van der Waals surface area contributed by atoms with E-state index < -0.39 is 48.9 Å². The standard InChI is InChI=1S/C18H22O8/c1-11(19)22-10-16-18(24-13(3)21)15(23-12(2)20)9-17(26-16)25-14-7-5-4-6-8-14/h4-8,15-18H,9-10H2,1-3H3/t15-,16-,17+,18-/m1/s1/i9D/t9?,15-,16-,17+,18-. The van der Waals surface area contributed by atoms with Crippen LogP contribution in [0.15, 0.2) is 30.3 Å². The van der Waals surface area contributed by atoms with Gasteiger partial charge in [-0.2, -0.15) is 0 Å². The molecule has 0 radical (unpaired) electrons. The molecule has 0 amide bonds. The Labute approximate surface area is 152 Å². The third kappa shape index (κ3) is 6.03. The number of rotatable bonds is 6. The molecule has 1 aromatic carbocycles. The first kappa shape index (κ1) is 18.2. The lowest BCUT2D eigenvalue weighted by molar-refractivity contribution is -0.245. The lowest BCUT2D eigenvalue weighted by Crippen LogP contribution is -2.54. The molecule has 0 N–H and O–H groups in total. The monoisotopic (exact) mass is 367 g/mol. The normalized spacial score (nSPS) is 28.4. The fraction of sp³-hybridized carbons (Fsp3) is 0.500. The summed E-state index contributed by atoms with van der Waals surface area (Å²) < 4.78 is 35.2. The minimum Gasteiger partial charge on any atom is -0.465 e. The molecule has 1 aliphatic heterocycles. The maximum absolute atomic E-state index is 11.5. The zero-order valence-electron chi connectivity index (χ0n) is 15.7. The third-order valence-corrected chi connectivity index (χ3v) is 3.40. The van der Waals surface area contributed by atoms with Crippen LogP contribution in [0.2, 0.25) is 0 Å². The molecule has 1 unspecified atom stereocenters. The predicted octanol–water partition coefficient (Wildman–Crippen LogP) is 1.61. The highest BCUT2D eigenvalue weighted by Crippen LogP contribution is 2.28. The smallest absolute Gasteiger partial charge is 0.303 e. The molecule has 5 atom stereocenters. The molecule has 142 valence electrons. The molecule has 0 bridgehead atoms. The molecule has 26 heavy (non-hydrogen) atoms. The molecular weight excluding hydrogens is 344 g/mol. The van der Waals surface area contributed by atoms with Gasteiger partial charge in [-0.1, -0.05) is 18.2 Å². The average molecular weight is 367 g/mol. The Kier molecular flexibility index (Phi) is 6.43. The Morgan fingerprint density at radius 1 is 1.08 bits per heavy atom. The maximum atomic E-state index is 11.5. The van der Waals surface area contributed by atoms with Crippen molar-refractivity contribution in [2.75, 3.05) is 6.61 Å². The Morgan fingerprint density at radius 2 is 1.73 bits per heavy atom. The summed E-state index contributed by atoms with van der Waals surface area (Å²) in [7, 11) is 0. The molecule has 1 aliphatic rings. The molecule has 1 saturated heterocycles. The summed E-state index contributed by atoms with van der Waals surface area (Å²) in [5.74, 6) is -1.42. The van der Waals surface area contributed by atoms with Gasteiger partial charge < -0.3 is 23.7 Å². The van der Waals surface area contributed by atoms with Crippen molar-refractivity contribution in [3.05, 3.63) is 30.3 Å². The van der Waals surface area contributed by atoms with E-state index in [9.17, 15) is 14.4 Å². The van der Waals surface area contributed by atoms with Crippen LogP contribution in [0.4, 0.5) is 0 Å². The van der Waals surface area contributed by atoms with Gasteiger partial charge in [0, 0.05) is 22.1 Å². The minimum absolute atomic E-state index is 0.258. The molecule has 0 aromatic heterocycles. The highest BCUT2D eigenvalue weighted by atomic mass is 16.7. The van der Waals surface area contributed by atoms with Crippen molar-refractivity contribution in [2.45, 2.75) is 51.8 Å². The van der Waals surface area contributed by atoms with Crippen molar-refractivity contribution >= 4 is 17.9 Å². The quantitative estimate of drug-likeness (QED) is 0.552. The maximum Gasteiger partial charge on any atom is 0.303 e. The van der Waals surface area contributed by atoms with Gasteiger partial charge in [0.2, 0.25) is 6.29 Å². The summed E-state index contributed by atoms with van der Waals surface area (Å²) in [5, 5.41) is 0. The van der Waals surface area contributed by atoms with E-state index in [0.717, 1.165) is 0 Å². The van der Waals surface area contributed by atoms with Crippen LogP contribution < -0.4 is 4.74 Å². The zero-order valence-corrected chi connectivity index (χ0v) is 14.7. The van der Waals surface area contributed by atoms with Gasteiger partial charge in [0.05, 0.1) is 6.40 Å². The number of esters is 3. The van der Waals surface area contributed by atoms with Crippen molar-refractivity contribution in [1.82, 2.24) is 0 Å². The van der Waals surface area contributed by atoms with Crippen LogP contribution in [-0.4, -0.2) is 49.1 Å². The fourth-order valence-electron chi connectivity index (χ4n) is 2.44. The summed E-state index contributed by atoms with van der Waals surface area (Å²) in [4.78, 5) is 34.2. The third-order valence-electron chi connectivity index (χ3n) is 3.40. The summed E-state index contributed by atoms with van der Waals surface area (Å²) in [6.45, 7) is 3.32. The largest absolute Gasteiger partial charge is 0.465 e. The van der Waals surface area contributed by atoms with E-state index in [2.05, 4.69) is 0 Å². The lowest BCUT2D eigenvalue weighted by atomic mass is 10.0. The van der Waals surface area contributed by atoms with Crippen molar-refractivity contribution < 1.29 is 39.4 Å². The molecule has 1 aromatic rings. The summed E-state index contributed by atoms with van der Waals surface area (Å²) in [5.41, 5.74) is 0. The molecule has 8 heteroatoms. The SMILES string of the molecule is [2H]C1[C@@H](Oc2ccccc2)O[C@H](COC(C)=O)[C@H](OC(C)=O)[C@@H]1OC(C)=O. The van der Waals surface area contributed by atoms with Gasteiger partial charge in [-0.05, 0) is 12.1 Å². The van der Waals surface area contributed by atoms with Crippen LogP contribution in [0, 0.1) is 0 Å². The highest BCUT2D eigenvalue weighted by molar-refractivity contribution is 5.67. The first-order valence-corrected chi connectivity index (χ1v) is 8.05. The van der Waals surface area contributed by atoms with E-state index in [1.54, 1.807) is 30.3 Å². The van der Waals surface area contributed by atoms with E-state index in [-0.39, 0.29) is 6.61 Å². The molecule has 0 spiro atoms. The molecule has 0 saturated carbocycles. The van der Waals surface area contributed by atoms with Crippen molar-refractivity contribution in [2.24, 2.45) is 0 Å². The Morgan fingerprint density at radius 3 is 2.31 bits per heavy atom. The number of benzene rings is 1. The van der Waals surface area contributed by atoms with Gasteiger partial charge >= 0.3 is 17.9 Å². The summed E-state index contributed by atoms with van der Waals surface area (Å²) in [6, 6.07) is 8.65. The topological polar surface area (TPSA) is 97.4 Å². The van der Waals surface area contributed by atoms with Gasteiger partial charge in [0.1, 0.15) is 24.6 Å². The first-order valence-electron chi connectivity index (χ1n) is 8.63. The zero-order chi connectivity index (χ0) is 20.0. The number of hydrogen-bond acceptors (Lipinski definition) is 8. The van der Waals surface area contributed by atoms with E-state index >= 15 is 0 Å². The van der Waals surface area contributed by atoms with Gasteiger partial charge in [-0.15, -0.1) is 0 Å². The Balaban J connectivity index is 2.27. The Hall–Kier alpha value is -2.61. The first-order chi connectivity index (χ1) is 12.8. The van der Waals surface area contributed by atoms with Crippen LogP contribution >= 0.6 is 0 Å². The van der Waals surface area contributed by atoms with Crippen LogP contribution in [0.3, 0.4) is 0 Å². The summed E-state index contributed by atoms with van der Waals surface area (Å²) in [6.07, 6.45) is -5.59. The van der Waals surface area contributed by atoms with Gasteiger partial charge in [0.25, 0.3) is 0 Å². The van der Waals surface area contributed by atoms with Gasteiger partial charge in [-0.25, -0.2) is 0 Å². The molecule has 1 fully saturated rings. The van der Waals surface area contributed by atoms with Crippen LogP contribution in [0.1, 0.15) is 28.5 Å². The highest BCUT2D eigenvalue weighted by Gasteiger charge is 2.44. The van der Waals surface area contributed by atoms with Crippen molar-refractivity contribution in [3.63, 3.8) is 0 Å². The molecule has 0 aliphatic carbocycles. The number of para-hydroxylation sites is 1. The number of carbonyl (C=O) groups excluding carboxylic acids is 3.